The number of alkyl halides is 3. The van der Waals surface area contributed by atoms with E-state index >= 15 is 0 Å². The number of rotatable bonds is 5. The van der Waals surface area contributed by atoms with Crippen LogP contribution in [0.2, 0.25) is 0 Å². The van der Waals surface area contributed by atoms with E-state index in [9.17, 15) is 27.6 Å². The summed E-state index contributed by atoms with van der Waals surface area (Å²) in [5.74, 6) is -4.94. The molecule has 0 aromatic heterocycles. The first kappa shape index (κ1) is 20.7. The first-order valence-electron chi connectivity index (χ1n) is 8.57. The van der Waals surface area contributed by atoms with Gasteiger partial charge in [-0.3, -0.25) is 14.4 Å². The van der Waals surface area contributed by atoms with Gasteiger partial charge in [0.25, 0.3) is 11.8 Å². The van der Waals surface area contributed by atoms with Crippen LogP contribution >= 0.6 is 0 Å². The molecule has 0 aliphatic heterocycles. The van der Waals surface area contributed by atoms with Crippen molar-refractivity contribution >= 4 is 23.5 Å². The lowest BCUT2D eigenvalue weighted by atomic mass is 9.79. The summed E-state index contributed by atoms with van der Waals surface area (Å²) in [6.07, 6.45) is -3.52. The van der Waals surface area contributed by atoms with Crippen LogP contribution in [0.4, 0.5) is 18.9 Å². The molecule has 0 heterocycles. The minimum Gasteiger partial charge on any atom is -0.455 e. The molecule has 9 heteroatoms. The third-order valence-corrected chi connectivity index (χ3v) is 4.49. The summed E-state index contributed by atoms with van der Waals surface area (Å²) in [6.45, 7) is -0.670. The summed E-state index contributed by atoms with van der Waals surface area (Å²) >= 11 is 0. The number of halogens is 3. The number of carbonyl (C=O) groups excluding carboxylic acids is 3. The number of hydrogen-bond donors (Lipinski definition) is 2. The molecule has 1 fully saturated rings. The zero-order chi connectivity index (χ0) is 20.0. The topological polar surface area (TPSA) is 84.5 Å². The lowest BCUT2D eigenvalue weighted by Gasteiger charge is -2.31. The van der Waals surface area contributed by atoms with Crippen LogP contribution in [0.15, 0.2) is 24.3 Å². The molecule has 1 aliphatic carbocycles. The summed E-state index contributed by atoms with van der Waals surface area (Å²) < 4.78 is 43.9. The Labute approximate surface area is 154 Å². The number of carbonyl (C=O) groups is 3. The summed E-state index contributed by atoms with van der Waals surface area (Å²) in [5, 5.41) is 4.91. The average Bonchev–Trinajstić information content (AvgIpc) is 2.65. The maximum Gasteiger partial charge on any atom is 0.392 e. The van der Waals surface area contributed by atoms with Gasteiger partial charge >= 0.3 is 12.1 Å². The zero-order valence-electron chi connectivity index (χ0n) is 14.8. The molecule has 2 rings (SSSR count). The van der Waals surface area contributed by atoms with Crippen molar-refractivity contribution in [1.82, 2.24) is 5.32 Å². The van der Waals surface area contributed by atoms with Gasteiger partial charge in [0.2, 0.25) is 0 Å². The van der Waals surface area contributed by atoms with E-state index < -0.39 is 36.5 Å². The van der Waals surface area contributed by atoms with Gasteiger partial charge in [-0.2, -0.15) is 13.2 Å². The van der Waals surface area contributed by atoms with Gasteiger partial charge in [-0.05, 0) is 37.1 Å². The van der Waals surface area contributed by atoms with E-state index in [1.807, 2.05) is 0 Å². The molecule has 27 heavy (non-hydrogen) atoms. The Balaban J connectivity index is 1.87. The van der Waals surface area contributed by atoms with Crippen molar-refractivity contribution in [1.29, 1.82) is 0 Å². The van der Waals surface area contributed by atoms with Gasteiger partial charge in [0.1, 0.15) is 0 Å². The van der Waals surface area contributed by atoms with Gasteiger partial charge in [0.15, 0.2) is 6.61 Å². The smallest absolute Gasteiger partial charge is 0.392 e. The van der Waals surface area contributed by atoms with Gasteiger partial charge in [-0.1, -0.05) is 12.8 Å². The molecule has 2 N–H and O–H groups in total. The Morgan fingerprint density at radius 2 is 1.74 bits per heavy atom. The lowest BCUT2D eigenvalue weighted by Crippen LogP contribution is -2.38. The van der Waals surface area contributed by atoms with Crippen molar-refractivity contribution in [3.63, 3.8) is 0 Å². The number of nitrogens with one attached hydrogen (secondary N) is 2. The Bertz CT molecular complexity index is 689. The Hall–Kier alpha value is -2.58. The Morgan fingerprint density at radius 3 is 2.33 bits per heavy atom. The standard InChI is InChI=1S/C18H21F3N2O4/c1-22-16(25)11-6-8-12(9-7-11)23-15(24)10-27-17(26)13-4-2-3-5-14(13)18(19,20)21/h6-9,13-14H,2-5,10H2,1H3,(H,22,25)(H,23,24)/t13-,14-/m1/s1. The summed E-state index contributed by atoms with van der Waals surface area (Å²) in [5.41, 5.74) is 0.770. The van der Waals surface area contributed by atoms with Crippen LogP contribution in [0.5, 0.6) is 0 Å². The predicted molar refractivity (Wildman–Crippen MR) is 90.9 cm³/mol. The molecule has 0 radical (unpaired) electrons. The second-order valence-electron chi connectivity index (χ2n) is 6.35. The third-order valence-electron chi connectivity index (χ3n) is 4.49. The molecular formula is C18H21F3N2O4. The van der Waals surface area contributed by atoms with Gasteiger partial charge in [-0.15, -0.1) is 0 Å². The molecule has 1 aromatic rings. The third kappa shape index (κ3) is 5.70. The van der Waals surface area contributed by atoms with E-state index in [4.69, 9.17) is 4.74 Å². The SMILES string of the molecule is CNC(=O)c1ccc(NC(=O)COC(=O)[C@@H]2CCCC[C@H]2C(F)(F)F)cc1. The molecule has 1 aliphatic rings. The fraction of sp³-hybridized carbons (Fsp3) is 0.500. The van der Waals surface area contributed by atoms with Crippen molar-refractivity contribution in [2.24, 2.45) is 11.8 Å². The quantitative estimate of drug-likeness (QED) is 0.762. The van der Waals surface area contributed by atoms with E-state index in [1.54, 1.807) is 0 Å². The number of hydrogen-bond acceptors (Lipinski definition) is 4. The monoisotopic (exact) mass is 386 g/mol. The van der Waals surface area contributed by atoms with Crippen molar-refractivity contribution in [3.05, 3.63) is 29.8 Å². The number of benzene rings is 1. The van der Waals surface area contributed by atoms with E-state index in [2.05, 4.69) is 10.6 Å². The largest absolute Gasteiger partial charge is 0.455 e. The molecule has 0 unspecified atom stereocenters. The van der Waals surface area contributed by atoms with Crippen LogP contribution in [0.3, 0.4) is 0 Å². The average molecular weight is 386 g/mol. The van der Waals surface area contributed by atoms with Crippen molar-refractivity contribution in [3.8, 4) is 0 Å². The second-order valence-corrected chi connectivity index (χ2v) is 6.35. The first-order chi connectivity index (χ1) is 12.7. The molecule has 2 amide bonds. The van der Waals surface area contributed by atoms with Crippen LogP contribution in [0.25, 0.3) is 0 Å². The van der Waals surface area contributed by atoms with E-state index in [1.165, 1.54) is 31.3 Å². The molecule has 0 bridgehead atoms. The maximum absolute atomic E-state index is 13.0. The summed E-state index contributed by atoms with van der Waals surface area (Å²) in [6, 6.07) is 5.98. The fourth-order valence-corrected chi connectivity index (χ4v) is 3.09. The van der Waals surface area contributed by atoms with Crippen molar-refractivity contribution in [2.45, 2.75) is 31.9 Å². The van der Waals surface area contributed by atoms with Gasteiger partial charge in [-0.25, -0.2) is 0 Å². The Morgan fingerprint density at radius 1 is 1.11 bits per heavy atom. The minimum atomic E-state index is -4.46. The van der Waals surface area contributed by atoms with Crippen molar-refractivity contribution < 1.29 is 32.3 Å². The summed E-state index contributed by atoms with van der Waals surface area (Å²) in [4.78, 5) is 35.3. The van der Waals surface area contributed by atoms with E-state index in [0.29, 0.717) is 24.1 Å². The predicted octanol–water partition coefficient (Wildman–Crippen LogP) is 2.90. The van der Waals surface area contributed by atoms with E-state index in [-0.39, 0.29) is 18.7 Å². The highest BCUT2D eigenvalue weighted by Gasteiger charge is 2.48. The number of esters is 1. The van der Waals surface area contributed by atoms with Gasteiger partial charge in [0.05, 0.1) is 11.8 Å². The normalized spacial score (nSPS) is 19.9. The lowest BCUT2D eigenvalue weighted by molar-refractivity contribution is -0.204. The molecule has 1 aromatic carbocycles. The number of amides is 2. The highest BCUT2D eigenvalue weighted by molar-refractivity contribution is 5.96. The van der Waals surface area contributed by atoms with Crippen LogP contribution in [0, 0.1) is 11.8 Å². The zero-order valence-corrected chi connectivity index (χ0v) is 14.8. The molecule has 6 nitrogen and oxygen atoms in total. The van der Waals surface area contributed by atoms with Gasteiger partial charge in [0, 0.05) is 18.3 Å². The molecule has 1 saturated carbocycles. The molecule has 2 atom stereocenters. The maximum atomic E-state index is 13.0. The molecule has 0 saturated heterocycles. The van der Waals surface area contributed by atoms with Crippen LogP contribution < -0.4 is 10.6 Å². The van der Waals surface area contributed by atoms with Crippen LogP contribution in [-0.2, 0) is 14.3 Å². The van der Waals surface area contributed by atoms with Gasteiger partial charge < -0.3 is 15.4 Å². The molecule has 0 spiro atoms. The number of ether oxygens (including phenoxy) is 1. The van der Waals surface area contributed by atoms with Crippen LogP contribution in [0.1, 0.15) is 36.0 Å². The highest BCUT2D eigenvalue weighted by atomic mass is 19.4. The first-order valence-corrected chi connectivity index (χ1v) is 8.57. The minimum absolute atomic E-state index is 0.103. The summed E-state index contributed by atoms with van der Waals surface area (Å²) in [7, 11) is 1.49. The van der Waals surface area contributed by atoms with Crippen molar-refractivity contribution in [2.75, 3.05) is 19.0 Å². The Kier molecular flexibility index (Phi) is 6.81. The molecular weight excluding hydrogens is 365 g/mol. The highest BCUT2D eigenvalue weighted by Crippen LogP contribution is 2.41. The second kappa shape index (κ2) is 8.88. The van der Waals surface area contributed by atoms with Crippen LogP contribution in [-0.4, -0.2) is 37.6 Å². The molecule has 148 valence electrons. The number of anilines is 1. The van der Waals surface area contributed by atoms with E-state index in [0.717, 1.165) is 0 Å². The fourth-order valence-electron chi connectivity index (χ4n) is 3.09.